The number of carbonyl (C=O) groups is 1. The van der Waals surface area contributed by atoms with Crippen LogP contribution in [0.2, 0.25) is 5.02 Å². The average molecular weight is 305 g/mol. The molecule has 0 aliphatic carbocycles. The molecule has 0 atom stereocenters. The molecule has 0 saturated carbocycles. The largest absolute Gasteiger partial charge is 0.370 e. The summed E-state index contributed by atoms with van der Waals surface area (Å²) in [4.78, 5) is 20.2. The van der Waals surface area contributed by atoms with Gasteiger partial charge in [0.25, 0.3) is 5.91 Å². The van der Waals surface area contributed by atoms with Gasteiger partial charge in [-0.1, -0.05) is 37.6 Å². The number of anilines is 2. The second kappa shape index (κ2) is 7.04. The first-order chi connectivity index (χ1) is 10.1. The first-order valence-corrected chi connectivity index (χ1v) is 7.06. The Labute approximate surface area is 128 Å². The van der Waals surface area contributed by atoms with Crippen LogP contribution in [0.3, 0.4) is 0 Å². The van der Waals surface area contributed by atoms with Crippen LogP contribution in [0, 0.1) is 5.92 Å². The van der Waals surface area contributed by atoms with Crippen molar-refractivity contribution in [2.24, 2.45) is 5.92 Å². The van der Waals surface area contributed by atoms with E-state index in [0.717, 1.165) is 6.54 Å². The van der Waals surface area contributed by atoms with Crippen molar-refractivity contribution in [2.45, 2.75) is 13.8 Å². The molecule has 1 aromatic heterocycles. The summed E-state index contributed by atoms with van der Waals surface area (Å²) >= 11 is 6.01. The van der Waals surface area contributed by atoms with E-state index in [-0.39, 0.29) is 11.6 Å². The predicted octanol–water partition coefficient (Wildman–Crippen LogP) is 3.45. The Morgan fingerprint density at radius 1 is 1.29 bits per heavy atom. The Kier molecular flexibility index (Phi) is 5.11. The lowest BCUT2D eigenvalue weighted by atomic mass is 10.2. The number of hydrogen-bond donors (Lipinski definition) is 2. The van der Waals surface area contributed by atoms with Gasteiger partial charge in [0, 0.05) is 12.6 Å². The number of benzene rings is 1. The number of rotatable bonds is 5. The van der Waals surface area contributed by atoms with Crippen molar-refractivity contribution in [2.75, 3.05) is 17.2 Å². The molecule has 0 unspecified atom stereocenters. The van der Waals surface area contributed by atoms with Gasteiger partial charge in [0.05, 0.1) is 10.7 Å². The minimum absolute atomic E-state index is 0.288. The van der Waals surface area contributed by atoms with Crippen LogP contribution in [0.25, 0.3) is 0 Å². The zero-order valence-electron chi connectivity index (χ0n) is 11.9. The van der Waals surface area contributed by atoms with E-state index >= 15 is 0 Å². The van der Waals surface area contributed by atoms with Crippen LogP contribution in [0.4, 0.5) is 11.5 Å². The molecule has 0 aliphatic heterocycles. The van der Waals surface area contributed by atoms with Gasteiger partial charge in [0.15, 0.2) is 0 Å². The molecule has 0 bridgehead atoms. The molecule has 0 saturated heterocycles. The van der Waals surface area contributed by atoms with Crippen molar-refractivity contribution < 1.29 is 4.79 Å². The van der Waals surface area contributed by atoms with E-state index in [1.165, 1.54) is 6.33 Å². The van der Waals surface area contributed by atoms with Crippen molar-refractivity contribution in [1.29, 1.82) is 0 Å². The lowest BCUT2D eigenvalue weighted by Crippen LogP contribution is -2.15. The zero-order valence-corrected chi connectivity index (χ0v) is 12.7. The van der Waals surface area contributed by atoms with Crippen molar-refractivity contribution in [3.8, 4) is 0 Å². The van der Waals surface area contributed by atoms with Gasteiger partial charge in [-0.15, -0.1) is 0 Å². The van der Waals surface area contributed by atoms with Gasteiger partial charge in [-0.2, -0.15) is 0 Å². The number of carbonyl (C=O) groups excluding carboxylic acids is 1. The van der Waals surface area contributed by atoms with Crippen LogP contribution in [-0.4, -0.2) is 22.4 Å². The fourth-order valence-electron chi connectivity index (χ4n) is 1.64. The third-order valence-electron chi connectivity index (χ3n) is 2.71. The first-order valence-electron chi connectivity index (χ1n) is 6.68. The van der Waals surface area contributed by atoms with E-state index in [9.17, 15) is 4.79 Å². The molecule has 0 spiro atoms. The second-order valence-corrected chi connectivity index (χ2v) is 5.40. The van der Waals surface area contributed by atoms with Gasteiger partial charge in [-0.05, 0) is 18.1 Å². The molecule has 1 amide bonds. The quantitative estimate of drug-likeness (QED) is 0.888. The second-order valence-electron chi connectivity index (χ2n) is 5.00. The zero-order chi connectivity index (χ0) is 15.2. The smallest absolute Gasteiger partial charge is 0.274 e. The van der Waals surface area contributed by atoms with Gasteiger partial charge in [0.1, 0.15) is 17.8 Å². The summed E-state index contributed by atoms with van der Waals surface area (Å²) in [6, 6.07) is 8.67. The maximum atomic E-state index is 12.2. The Morgan fingerprint density at radius 3 is 2.76 bits per heavy atom. The van der Waals surface area contributed by atoms with E-state index < -0.39 is 0 Å². The van der Waals surface area contributed by atoms with Crippen molar-refractivity contribution in [3.05, 3.63) is 47.4 Å². The molecule has 2 rings (SSSR count). The highest BCUT2D eigenvalue weighted by Crippen LogP contribution is 2.21. The first kappa shape index (κ1) is 15.3. The standard InChI is InChI=1S/C15H17ClN4O/c1-10(2)8-17-14-7-13(18-9-19-14)15(21)20-12-6-4-3-5-11(12)16/h3-7,9-10H,8H2,1-2H3,(H,20,21)(H,17,18,19). The molecule has 0 radical (unpaired) electrons. The van der Waals surface area contributed by atoms with E-state index in [1.807, 2.05) is 0 Å². The third kappa shape index (κ3) is 4.43. The van der Waals surface area contributed by atoms with Crippen molar-refractivity contribution in [1.82, 2.24) is 9.97 Å². The maximum Gasteiger partial charge on any atom is 0.274 e. The Hall–Kier alpha value is -2.14. The van der Waals surface area contributed by atoms with Gasteiger partial charge in [-0.25, -0.2) is 9.97 Å². The number of aromatic nitrogens is 2. The van der Waals surface area contributed by atoms with Gasteiger partial charge < -0.3 is 10.6 Å². The Morgan fingerprint density at radius 2 is 2.05 bits per heavy atom. The molecule has 21 heavy (non-hydrogen) atoms. The van der Waals surface area contributed by atoms with Crippen LogP contribution < -0.4 is 10.6 Å². The summed E-state index contributed by atoms with van der Waals surface area (Å²) in [7, 11) is 0. The number of amides is 1. The van der Waals surface area contributed by atoms with Gasteiger partial charge in [0.2, 0.25) is 0 Å². The lowest BCUT2D eigenvalue weighted by molar-refractivity contribution is 0.102. The fourth-order valence-corrected chi connectivity index (χ4v) is 1.82. The SMILES string of the molecule is CC(C)CNc1cc(C(=O)Nc2ccccc2Cl)ncn1. The predicted molar refractivity (Wildman–Crippen MR) is 84.8 cm³/mol. The van der Waals surface area contributed by atoms with Crippen molar-refractivity contribution >= 4 is 29.0 Å². The Bertz CT molecular complexity index is 631. The van der Waals surface area contributed by atoms with Gasteiger partial charge in [-0.3, -0.25) is 4.79 Å². The monoisotopic (exact) mass is 304 g/mol. The van der Waals surface area contributed by atoms with Crippen LogP contribution in [0.5, 0.6) is 0 Å². The normalized spacial score (nSPS) is 10.5. The molecule has 0 aliphatic rings. The van der Waals surface area contributed by atoms with Gasteiger partial charge >= 0.3 is 0 Å². The molecule has 1 heterocycles. The summed E-state index contributed by atoms with van der Waals surface area (Å²) < 4.78 is 0. The van der Waals surface area contributed by atoms with E-state index in [1.54, 1.807) is 30.3 Å². The van der Waals surface area contributed by atoms with Crippen LogP contribution >= 0.6 is 11.6 Å². The third-order valence-corrected chi connectivity index (χ3v) is 3.04. The summed E-state index contributed by atoms with van der Waals surface area (Å²) in [5.74, 6) is 0.793. The Balaban J connectivity index is 2.09. The van der Waals surface area contributed by atoms with Crippen LogP contribution in [0.1, 0.15) is 24.3 Å². The molecule has 0 fully saturated rings. The highest BCUT2D eigenvalue weighted by molar-refractivity contribution is 6.33. The number of nitrogens with one attached hydrogen (secondary N) is 2. The van der Waals surface area contributed by atoms with E-state index in [0.29, 0.717) is 22.4 Å². The number of hydrogen-bond acceptors (Lipinski definition) is 4. The summed E-state index contributed by atoms with van der Waals surface area (Å²) in [6.07, 6.45) is 1.37. The molecular formula is C15H17ClN4O. The summed E-state index contributed by atoms with van der Waals surface area (Å²) in [5, 5.41) is 6.37. The molecule has 5 nitrogen and oxygen atoms in total. The van der Waals surface area contributed by atoms with Crippen LogP contribution in [-0.2, 0) is 0 Å². The molecule has 1 aromatic carbocycles. The highest BCUT2D eigenvalue weighted by atomic mass is 35.5. The number of para-hydroxylation sites is 1. The molecule has 2 aromatic rings. The highest BCUT2D eigenvalue weighted by Gasteiger charge is 2.10. The fraction of sp³-hybridized carbons (Fsp3) is 0.267. The average Bonchev–Trinajstić information content (AvgIpc) is 2.48. The topological polar surface area (TPSA) is 66.9 Å². The van der Waals surface area contributed by atoms with E-state index in [4.69, 9.17) is 11.6 Å². The molecular weight excluding hydrogens is 288 g/mol. The maximum absolute atomic E-state index is 12.2. The van der Waals surface area contributed by atoms with E-state index in [2.05, 4.69) is 34.4 Å². The minimum atomic E-state index is -0.321. The van der Waals surface area contributed by atoms with Crippen LogP contribution in [0.15, 0.2) is 36.7 Å². The summed E-state index contributed by atoms with van der Waals surface area (Å²) in [5.41, 5.74) is 0.843. The summed E-state index contributed by atoms with van der Waals surface area (Å²) in [6.45, 7) is 4.97. The molecule has 6 heteroatoms. The lowest BCUT2D eigenvalue weighted by Gasteiger charge is -2.09. The number of nitrogens with zero attached hydrogens (tertiary/aromatic N) is 2. The molecule has 2 N–H and O–H groups in total. The number of halogens is 1. The molecule has 110 valence electrons. The van der Waals surface area contributed by atoms with Crippen molar-refractivity contribution in [3.63, 3.8) is 0 Å². The minimum Gasteiger partial charge on any atom is -0.370 e.